The number of nitrogens with one attached hydrogen (secondary N) is 1. The average molecular weight is 281 g/mol. The molecule has 0 aromatic carbocycles. The summed E-state index contributed by atoms with van der Waals surface area (Å²) in [5.41, 5.74) is 0. The Labute approximate surface area is 123 Å². The Hall–Kier alpha value is -0.610. The smallest absolute Gasteiger partial charge is 0.241 e. The van der Waals surface area contributed by atoms with Gasteiger partial charge in [-0.2, -0.15) is 0 Å². The minimum atomic E-state index is 0.0331. The van der Waals surface area contributed by atoms with Crippen molar-refractivity contribution in [3.63, 3.8) is 0 Å². The predicted molar refractivity (Wildman–Crippen MR) is 82.4 cm³/mol. The lowest BCUT2D eigenvalue weighted by molar-refractivity contribution is -0.131. The molecule has 3 unspecified atom stereocenters. The van der Waals surface area contributed by atoms with Gasteiger partial charge in [-0.05, 0) is 51.6 Å². The van der Waals surface area contributed by atoms with Crippen LogP contribution >= 0.6 is 0 Å². The van der Waals surface area contributed by atoms with E-state index in [0.717, 1.165) is 19.4 Å². The van der Waals surface area contributed by atoms with Gasteiger partial charge in [-0.1, -0.05) is 20.8 Å². The Morgan fingerprint density at radius 2 is 1.90 bits per heavy atom. The van der Waals surface area contributed by atoms with Crippen molar-refractivity contribution in [2.45, 2.75) is 71.6 Å². The molecule has 20 heavy (non-hydrogen) atoms. The van der Waals surface area contributed by atoms with E-state index in [1.807, 2.05) is 0 Å². The number of likely N-dealkylation sites (tertiary alicyclic amines) is 1. The number of carbonyl (C=O) groups is 1. The van der Waals surface area contributed by atoms with Gasteiger partial charge in [0.15, 0.2) is 0 Å². The lowest BCUT2D eigenvalue weighted by atomic mass is 10.0. The first-order valence-corrected chi connectivity index (χ1v) is 8.33. The number of nitrogens with zero attached hydrogens (tertiary/aromatic N) is 2. The first kappa shape index (κ1) is 15.8. The van der Waals surface area contributed by atoms with E-state index in [1.54, 1.807) is 0 Å². The summed E-state index contributed by atoms with van der Waals surface area (Å²) >= 11 is 0. The zero-order valence-corrected chi connectivity index (χ0v) is 13.6. The van der Waals surface area contributed by atoms with Crippen LogP contribution in [0.2, 0.25) is 0 Å². The molecule has 2 heterocycles. The Balaban J connectivity index is 1.95. The maximum Gasteiger partial charge on any atom is 0.241 e. The molecule has 0 saturated carbocycles. The topological polar surface area (TPSA) is 35.6 Å². The van der Waals surface area contributed by atoms with Gasteiger partial charge in [0, 0.05) is 12.6 Å². The fourth-order valence-electron chi connectivity index (χ4n) is 3.53. The van der Waals surface area contributed by atoms with E-state index in [1.165, 1.54) is 25.9 Å². The molecule has 0 spiro atoms. The van der Waals surface area contributed by atoms with Crippen molar-refractivity contribution in [1.29, 1.82) is 0 Å². The molecule has 4 heteroatoms. The molecule has 4 nitrogen and oxygen atoms in total. The Morgan fingerprint density at radius 3 is 2.45 bits per heavy atom. The van der Waals surface area contributed by atoms with Gasteiger partial charge < -0.3 is 4.90 Å². The maximum absolute atomic E-state index is 12.6. The maximum atomic E-state index is 12.6. The monoisotopic (exact) mass is 281 g/mol. The van der Waals surface area contributed by atoms with Crippen molar-refractivity contribution in [2.24, 2.45) is 5.92 Å². The molecule has 0 bridgehead atoms. The van der Waals surface area contributed by atoms with E-state index in [2.05, 4.69) is 42.8 Å². The highest BCUT2D eigenvalue weighted by atomic mass is 16.2. The van der Waals surface area contributed by atoms with Crippen LogP contribution in [0, 0.1) is 5.92 Å². The van der Waals surface area contributed by atoms with Crippen LogP contribution in [0.3, 0.4) is 0 Å². The van der Waals surface area contributed by atoms with Crippen LogP contribution < -0.4 is 5.32 Å². The van der Waals surface area contributed by atoms with E-state index in [0.29, 0.717) is 17.9 Å². The van der Waals surface area contributed by atoms with Gasteiger partial charge in [-0.3, -0.25) is 15.0 Å². The first-order chi connectivity index (χ1) is 9.52. The summed E-state index contributed by atoms with van der Waals surface area (Å²) in [5.74, 6) is 0.876. The first-order valence-electron chi connectivity index (χ1n) is 8.33. The summed E-state index contributed by atoms with van der Waals surface area (Å²) in [6.07, 6.45) is 4.79. The molecule has 1 amide bonds. The van der Waals surface area contributed by atoms with Crippen LogP contribution in [0.5, 0.6) is 0 Å². The SMILES string of the molecule is CCC1NC(CC(C)C)C(=O)N1CC(C)N1CCCC1. The molecule has 2 aliphatic heterocycles. The highest BCUT2D eigenvalue weighted by Gasteiger charge is 2.39. The Bertz CT molecular complexity index is 326. The minimum absolute atomic E-state index is 0.0331. The quantitative estimate of drug-likeness (QED) is 0.809. The van der Waals surface area contributed by atoms with Gasteiger partial charge in [-0.15, -0.1) is 0 Å². The van der Waals surface area contributed by atoms with Crippen LogP contribution in [-0.2, 0) is 4.79 Å². The number of carbonyl (C=O) groups excluding carboxylic acids is 1. The van der Waals surface area contributed by atoms with Crippen molar-refractivity contribution in [3.05, 3.63) is 0 Å². The van der Waals surface area contributed by atoms with E-state index in [9.17, 15) is 4.79 Å². The van der Waals surface area contributed by atoms with E-state index >= 15 is 0 Å². The Morgan fingerprint density at radius 1 is 1.25 bits per heavy atom. The van der Waals surface area contributed by atoms with E-state index in [-0.39, 0.29) is 12.2 Å². The third-order valence-corrected chi connectivity index (χ3v) is 4.67. The minimum Gasteiger partial charge on any atom is -0.324 e. The number of rotatable bonds is 6. The number of amides is 1. The molecule has 116 valence electrons. The fraction of sp³-hybridized carbons (Fsp3) is 0.938. The number of hydrogen-bond acceptors (Lipinski definition) is 3. The molecule has 2 rings (SSSR count). The van der Waals surface area contributed by atoms with Crippen LogP contribution in [0.1, 0.15) is 53.4 Å². The third-order valence-electron chi connectivity index (χ3n) is 4.67. The van der Waals surface area contributed by atoms with Crippen molar-refractivity contribution in [3.8, 4) is 0 Å². The zero-order chi connectivity index (χ0) is 14.7. The lowest BCUT2D eigenvalue weighted by Crippen LogP contribution is -2.46. The van der Waals surface area contributed by atoms with Crippen molar-refractivity contribution >= 4 is 5.91 Å². The molecular formula is C16H31N3O. The molecule has 0 aliphatic carbocycles. The highest BCUT2D eigenvalue weighted by Crippen LogP contribution is 2.21. The summed E-state index contributed by atoms with van der Waals surface area (Å²) in [7, 11) is 0. The fourth-order valence-corrected chi connectivity index (χ4v) is 3.53. The van der Waals surface area contributed by atoms with Crippen LogP contribution in [0.4, 0.5) is 0 Å². The van der Waals surface area contributed by atoms with Gasteiger partial charge in [0.1, 0.15) is 0 Å². The predicted octanol–water partition coefficient (Wildman–Crippen LogP) is 2.05. The lowest BCUT2D eigenvalue weighted by Gasteiger charge is -2.31. The molecule has 2 fully saturated rings. The molecule has 3 atom stereocenters. The van der Waals surface area contributed by atoms with Gasteiger partial charge in [0.05, 0.1) is 12.2 Å². The molecule has 1 N–H and O–H groups in total. The highest BCUT2D eigenvalue weighted by molar-refractivity contribution is 5.84. The number of hydrogen-bond donors (Lipinski definition) is 1. The van der Waals surface area contributed by atoms with Crippen LogP contribution in [0.25, 0.3) is 0 Å². The summed E-state index contributed by atoms with van der Waals surface area (Å²) in [5, 5.41) is 3.53. The van der Waals surface area contributed by atoms with Crippen molar-refractivity contribution in [1.82, 2.24) is 15.1 Å². The molecule has 2 aliphatic rings. The van der Waals surface area contributed by atoms with Crippen molar-refractivity contribution < 1.29 is 4.79 Å². The van der Waals surface area contributed by atoms with Crippen molar-refractivity contribution in [2.75, 3.05) is 19.6 Å². The van der Waals surface area contributed by atoms with Gasteiger partial charge >= 0.3 is 0 Å². The molecular weight excluding hydrogens is 250 g/mol. The van der Waals surface area contributed by atoms with Gasteiger partial charge in [0.2, 0.25) is 5.91 Å². The third kappa shape index (κ3) is 3.53. The summed E-state index contributed by atoms with van der Waals surface area (Å²) in [6, 6.07) is 0.515. The van der Waals surface area contributed by atoms with Crippen LogP contribution in [0.15, 0.2) is 0 Å². The summed E-state index contributed by atoms with van der Waals surface area (Å²) < 4.78 is 0. The zero-order valence-electron chi connectivity index (χ0n) is 13.6. The second kappa shape index (κ2) is 6.90. The molecule has 0 aromatic heterocycles. The largest absolute Gasteiger partial charge is 0.324 e. The molecule has 0 aromatic rings. The van der Waals surface area contributed by atoms with Gasteiger partial charge in [-0.25, -0.2) is 0 Å². The summed E-state index contributed by atoms with van der Waals surface area (Å²) in [6.45, 7) is 12.1. The summed E-state index contributed by atoms with van der Waals surface area (Å²) in [4.78, 5) is 17.2. The average Bonchev–Trinajstić information content (AvgIpc) is 3.01. The van der Waals surface area contributed by atoms with Gasteiger partial charge in [0.25, 0.3) is 0 Å². The second-order valence-corrected chi connectivity index (χ2v) is 6.86. The molecule has 2 saturated heterocycles. The Kier molecular flexibility index (Phi) is 5.44. The molecule has 0 radical (unpaired) electrons. The van der Waals surface area contributed by atoms with E-state index < -0.39 is 0 Å². The van der Waals surface area contributed by atoms with Crippen LogP contribution in [-0.4, -0.2) is 53.6 Å². The second-order valence-electron chi connectivity index (χ2n) is 6.86. The standard InChI is InChI=1S/C16H31N3O/c1-5-15-17-14(10-12(2)3)16(20)19(15)11-13(4)18-8-6-7-9-18/h12-15,17H,5-11H2,1-4H3. The normalized spacial score (nSPS) is 29.6. The van der Waals surface area contributed by atoms with E-state index in [4.69, 9.17) is 0 Å².